The molecule has 1 atom stereocenters. The molecule has 7 heteroatoms. The van der Waals surface area contributed by atoms with Crippen molar-refractivity contribution in [3.05, 3.63) is 59.7 Å². The number of benzene rings is 2. The Morgan fingerprint density at radius 3 is 2.31 bits per heavy atom. The first-order chi connectivity index (χ1) is 13.9. The summed E-state index contributed by atoms with van der Waals surface area (Å²) in [5, 5.41) is 12.0. The van der Waals surface area contributed by atoms with E-state index in [0.717, 1.165) is 11.1 Å². The fourth-order valence-corrected chi connectivity index (χ4v) is 2.69. The first-order valence-corrected chi connectivity index (χ1v) is 9.52. The van der Waals surface area contributed by atoms with E-state index in [4.69, 9.17) is 14.2 Å². The molecule has 2 rings (SSSR count). The topological polar surface area (TPSA) is 94.1 Å². The van der Waals surface area contributed by atoms with Crippen LogP contribution in [-0.4, -0.2) is 36.0 Å². The zero-order valence-corrected chi connectivity index (χ0v) is 16.9. The van der Waals surface area contributed by atoms with Gasteiger partial charge in [-0.1, -0.05) is 24.3 Å². The number of amides is 1. The second kappa shape index (κ2) is 11.1. The molecular weight excluding hydrogens is 374 g/mol. The lowest BCUT2D eigenvalue weighted by molar-refractivity contribution is -0.153. The van der Waals surface area contributed by atoms with E-state index < -0.39 is 18.2 Å². The van der Waals surface area contributed by atoms with Crippen LogP contribution < -0.4 is 14.8 Å². The summed E-state index contributed by atoms with van der Waals surface area (Å²) in [5.41, 5.74) is 1.65. The highest BCUT2D eigenvalue weighted by Crippen LogP contribution is 2.17. The highest BCUT2D eigenvalue weighted by Gasteiger charge is 2.20. The van der Waals surface area contributed by atoms with Crippen molar-refractivity contribution in [2.75, 3.05) is 6.61 Å². The van der Waals surface area contributed by atoms with Gasteiger partial charge in [0, 0.05) is 13.0 Å². The molecule has 0 aliphatic heterocycles. The van der Waals surface area contributed by atoms with E-state index in [2.05, 4.69) is 5.32 Å². The number of nitrogens with one attached hydrogen (secondary N) is 1. The Bertz CT molecular complexity index is 803. The number of rotatable bonds is 10. The molecule has 0 aromatic heterocycles. The third kappa shape index (κ3) is 7.83. The zero-order valence-electron chi connectivity index (χ0n) is 16.9. The number of hydrogen-bond donors (Lipinski definition) is 2. The summed E-state index contributed by atoms with van der Waals surface area (Å²) in [4.78, 5) is 23.4. The first kappa shape index (κ1) is 22.2. The van der Waals surface area contributed by atoms with E-state index in [1.807, 2.05) is 31.2 Å². The van der Waals surface area contributed by atoms with Crippen LogP contribution in [0.25, 0.3) is 0 Å². The van der Waals surface area contributed by atoms with Crippen molar-refractivity contribution in [1.82, 2.24) is 5.32 Å². The minimum atomic E-state index is -0.999. The molecule has 29 heavy (non-hydrogen) atoms. The van der Waals surface area contributed by atoms with Gasteiger partial charge in [-0.25, -0.2) is 9.59 Å². The van der Waals surface area contributed by atoms with Crippen LogP contribution in [0.1, 0.15) is 31.9 Å². The van der Waals surface area contributed by atoms with Crippen LogP contribution >= 0.6 is 0 Å². The Morgan fingerprint density at radius 1 is 1.03 bits per heavy atom. The van der Waals surface area contributed by atoms with Crippen molar-refractivity contribution < 1.29 is 28.9 Å². The molecule has 156 valence electrons. The number of hydrogen-bond acceptors (Lipinski definition) is 5. The summed E-state index contributed by atoms with van der Waals surface area (Å²) in [6, 6.07) is 14.1. The van der Waals surface area contributed by atoms with Crippen molar-refractivity contribution in [2.45, 2.75) is 45.9 Å². The molecule has 2 N–H and O–H groups in total. The average Bonchev–Trinajstić information content (AvgIpc) is 2.67. The van der Waals surface area contributed by atoms with Gasteiger partial charge in [-0.3, -0.25) is 0 Å². The lowest BCUT2D eigenvalue weighted by Crippen LogP contribution is -2.29. The predicted molar refractivity (Wildman–Crippen MR) is 108 cm³/mol. The maximum Gasteiger partial charge on any atom is 0.412 e. The van der Waals surface area contributed by atoms with Crippen LogP contribution in [0, 0.1) is 0 Å². The summed E-state index contributed by atoms with van der Waals surface area (Å²) < 4.78 is 16.0. The predicted octanol–water partition coefficient (Wildman–Crippen LogP) is 3.79. The summed E-state index contributed by atoms with van der Waals surface area (Å²) in [6.45, 7) is 6.31. The molecule has 0 spiro atoms. The fourth-order valence-electron chi connectivity index (χ4n) is 2.69. The Labute approximate surface area is 170 Å². The van der Waals surface area contributed by atoms with E-state index in [1.165, 1.54) is 0 Å². The van der Waals surface area contributed by atoms with Crippen LogP contribution in [0.15, 0.2) is 48.5 Å². The third-order valence-electron chi connectivity index (χ3n) is 3.91. The van der Waals surface area contributed by atoms with E-state index >= 15 is 0 Å². The lowest BCUT2D eigenvalue weighted by atomic mass is 10.0. The number of carbonyl (C=O) groups is 2. The van der Waals surface area contributed by atoms with Gasteiger partial charge in [0.2, 0.25) is 0 Å². The molecule has 0 saturated heterocycles. The Kier molecular flexibility index (Phi) is 8.48. The quantitative estimate of drug-likeness (QED) is 0.629. The largest absolute Gasteiger partial charge is 0.494 e. The molecule has 1 unspecified atom stereocenters. The second-order valence-corrected chi connectivity index (χ2v) is 6.68. The van der Waals surface area contributed by atoms with Crippen molar-refractivity contribution in [3.8, 4) is 11.5 Å². The molecule has 0 radical (unpaired) electrons. The molecule has 2 aromatic carbocycles. The van der Waals surface area contributed by atoms with Gasteiger partial charge in [0.05, 0.1) is 12.7 Å². The fraction of sp³-hybridized carbons (Fsp3) is 0.364. The van der Waals surface area contributed by atoms with Gasteiger partial charge >= 0.3 is 12.1 Å². The van der Waals surface area contributed by atoms with E-state index in [9.17, 15) is 14.7 Å². The van der Waals surface area contributed by atoms with Crippen LogP contribution in [0.5, 0.6) is 11.5 Å². The van der Waals surface area contributed by atoms with E-state index in [-0.39, 0.29) is 19.1 Å². The molecular formula is C22H27NO6. The van der Waals surface area contributed by atoms with Crippen LogP contribution in [0.2, 0.25) is 0 Å². The minimum Gasteiger partial charge on any atom is -0.494 e. The monoisotopic (exact) mass is 401 g/mol. The van der Waals surface area contributed by atoms with Crippen molar-refractivity contribution >= 4 is 12.1 Å². The number of ether oxygens (including phenoxy) is 3. The maximum atomic E-state index is 12.0. The van der Waals surface area contributed by atoms with Gasteiger partial charge in [-0.05, 0) is 56.2 Å². The Balaban J connectivity index is 1.89. The van der Waals surface area contributed by atoms with Gasteiger partial charge in [0.1, 0.15) is 11.5 Å². The highest BCUT2D eigenvalue weighted by molar-refractivity contribution is 5.73. The first-order valence-electron chi connectivity index (χ1n) is 9.52. The number of carbonyl (C=O) groups excluding carboxylic acids is 1. The van der Waals surface area contributed by atoms with Gasteiger partial charge in [-0.2, -0.15) is 0 Å². The standard InChI is InChI=1S/C22H27NO6/c1-4-27-18-8-10-19(11-9-18)29-22(26)23-14-17-7-5-6-16(12-17)13-20(21(24)25)28-15(2)3/h5-12,15,20H,4,13-14H2,1-3H3,(H,23,26)(H,24,25). The van der Waals surface area contributed by atoms with Crippen molar-refractivity contribution in [2.24, 2.45) is 0 Å². The van der Waals surface area contributed by atoms with Gasteiger partial charge < -0.3 is 24.6 Å². The van der Waals surface area contributed by atoms with E-state index in [0.29, 0.717) is 18.1 Å². The number of carboxylic acids is 1. The molecule has 0 fully saturated rings. The SMILES string of the molecule is CCOc1ccc(OC(=O)NCc2cccc(CC(OC(C)C)C(=O)O)c2)cc1. The average molecular weight is 401 g/mol. The molecule has 0 aliphatic rings. The summed E-state index contributed by atoms with van der Waals surface area (Å²) in [7, 11) is 0. The normalized spacial score (nSPS) is 11.7. The van der Waals surface area contributed by atoms with Crippen molar-refractivity contribution in [1.29, 1.82) is 0 Å². The molecule has 0 bridgehead atoms. The minimum absolute atomic E-state index is 0.182. The van der Waals surface area contributed by atoms with Gasteiger partial charge in [-0.15, -0.1) is 0 Å². The molecule has 2 aromatic rings. The molecule has 0 saturated carbocycles. The summed E-state index contributed by atoms with van der Waals surface area (Å²) in [6.07, 6.45) is -1.43. The Morgan fingerprint density at radius 2 is 1.69 bits per heavy atom. The molecule has 1 amide bonds. The molecule has 7 nitrogen and oxygen atoms in total. The zero-order chi connectivity index (χ0) is 21.2. The summed E-state index contributed by atoms with van der Waals surface area (Å²) in [5.74, 6) is 0.120. The summed E-state index contributed by atoms with van der Waals surface area (Å²) >= 11 is 0. The van der Waals surface area contributed by atoms with Gasteiger partial charge in [0.25, 0.3) is 0 Å². The van der Waals surface area contributed by atoms with Crippen LogP contribution in [-0.2, 0) is 22.5 Å². The van der Waals surface area contributed by atoms with Crippen LogP contribution in [0.4, 0.5) is 4.79 Å². The van der Waals surface area contributed by atoms with Crippen molar-refractivity contribution in [3.63, 3.8) is 0 Å². The van der Waals surface area contributed by atoms with Crippen LogP contribution in [0.3, 0.4) is 0 Å². The number of carboxylic acid groups (broad SMARTS) is 1. The maximum absolute atomic E-state index is 12.0. The van der Waals surface area contributed by atoms with Gasteiger partial charge in [0.15, 0.2) is 6.10 Å². The smallest absolute Gasteiger partial charge is 0.412 e. The lowest BCUT2D eigenvalue weighted by Gasteiger charge is -2.17. The Hall–Kier alpha value is -3.06. The van der Waals surface area contributed by atoms with E-state index in [1.54, 1.807) is 38.1 Å². The third-order valence-corrected chi connectivity index (χ3v) is 3.91. The second-order valence-electron chi connectivity index (χ2n) is 6.68. The highest BCUT2D eigenvalue weighted by atomic mass is 16.6. The molecule has 0 aliphatic carbocycles. The molecule has 0 heterocycles. The number of aliphatic carboxylic acids is 1.